The molecule has 0 aliphatic carbocycles. The number of rotatable bonds is 3. The van der Waals surface area contributed by atoms with Crippen molar-refractivity contribution in [1.29, 1.82) is 0 Å². The van der Waals surface area contributed by atoms with E-state index in [9.17, 15) is 18.8 Å². The second kappa shape index (κ2) is 7.38. The first-order chi connectivity index (χ1) is 15.7. The molecule has 8 nitrogen and oxygen atoms in total. The van der Waals surface area contributed by atoms with Crippen molar-refractivity contribution < 1.29 is 28.2 Å². The normalized spacial score (nSPS) is 18.4. The summed E-state index contributed by atoms with van der Waals surface area (Å²) in [6.45, 7) is 2.88. The summed E-state index contributed by atoms with van der Waals surface area (Å²) in [4.78, 5) is 42.7. The second-order valence-electron chi connectivity index (χ2n) is 7.92. The van der Waals surface area contributed by atoms with Crippen LogP contribution in [0, 0.1) is 5.82 Å². The number of ether oxygens (including phenoxy) is 3. The Morgan fingerprint density at radius 2 is 2.06 bits per heavy atom. The monoisotopic (exact) mass is 516 g/mol. The smallest absolute Gasteiger partial charge is 0.355 e. The van der Waals surface area contributed by atoms with Crippen molar-refractivity contribution in [1.82, 2.24) is 9.55 Å². The average Bonchev–Trinajstić information content (AvgIpc) is 3.15. The van der Waals surface area contributed by atoms with E-state index in [-0.39, 0.29) is 36.4 Å². The zero-order valence-corrected chi connectivity index (χ0v) is 19.5. The van der Waals surface area contributed by atoms with E-state index in [0.717, 1.165) is 5.56 Å². The molecule has 2 aliphatic rings. The summed E-state index contributed by atoms with van der Waals surface area (Å²) in [7, 11) is 1.38. The molecule has 0 saturated carbocycles. The van der Waals surface area contributed by atoms with E-state index < -0.39 is 23.4 Å². The summed E-state index contributed by atoms with van der Waals surface area (Å²) >= 11 is 3.58. The Labute approximate surface area is 195 Å². The quantitative estimate of drug-likeness (QED) is 0.384. The minimum absolute atomic E-state index is 0.0814. The molecule has 1 atom stereocenters. The molecule has 10 heteroatoms. The number of aromatic nitrogens is 2. The first kappa shape index (κ1) is 21.6. The molecule has 4 heterocycles. The number of nitrogens with zero attached hydrogens (tertiary/aromatic N) is 2. The highest BCUT2D eigenvalue weighted by Gasteiger charge is 2.50. The molecule has 170 valence electrons. The van der Waals surface area contributed by atoms with Crippen LogP contribution in [0.15, 0.2) is 27.5 Å². The summed E-state index contributed by atoms with van der Waals surface area (Å²) in [6.07, 6.45) is 0.0913. The lowest BCUT2D eigenvalue weighted by atomic mass is 9.85. The van der Waals surface area contributed by atoms with Crippen LogP contribution in [0.5, 0.6) is 5.75 Å². The molecule has 0 unspecified atom stereocenters. The van der Waals surface area contributed by atoms with Crippen LogP contribution in [0.3, 0.4) is 0 Å². The third-order valence-corrected chi connectivity index (χ3v) is 7.08. The molecule has 5 rings (SSSR count). The van der Waals surface area contributed by atoms with Gasteiger partial charge in [-0.15, -0.1) is 0 Å². The highest BCUT2D eigenvalue weighted by molar-refractivity contribution is 9.10. The van der Waals surface area contributed by atoms with Crippen molar-refractivity contribution in [3.05, 3.63) is 55.5 Å². The van der Waals surface area contributed by atoms with Gasteiger partial charge in [-0.2, -0.15) is 0 Å². The van der Waals surface area contributed by atoms with E-state index in [1.165, 1.54) is 24.7 Å². The van der Waals surface area contributed by atoms with Crippen LogP contribution in [-0.4, -0.2) is 28.6 Å². The van der Waals surface area contributed by atoms with Gasteiger partial charge in [0.1, 0.15) is 6.61 Å². The molecule has 0 saturated heterocycles. The van der Waals surface area contributed by atoms with E-state index >= 15 is 0 Å². The van der Waals surface area contributed by atoms with Crippen molar-refractivity contribution >= 4 is 38.8 Å². The SMILES string of the molecule is CC[C@@]1(OC(C)=O)C(=O)OCc2c1cc1n(c2=O)Cc2c-1nc1cc(F)c(OC)cc1c2Br. The molecular formula is C23H18BrFN2O6. The highest BCUT2D eigenvalue weighted by Crippen LogP contribution is 2.43. The van der Waals surface area contributed by atoms with Crippen LogP contribution in [0.2, 0.25) is 0 Å². The number of pyridine rings is 2. The molecule has 2 aromatic heterocycles. The van der Waals surface area contributed by atoms with Crippen molar-refractivity contribution in [2.75, 3.05) is 7.11 Å². The number of hydrogen-bond acceptors (Lipinski definition) is 7. The third-order valence-electron chi connectivity index (χ3n) is 6.18. The molecule has 33 heavy (non-hydrogen) atoms. The number of cyclic esters (lactones) is 1. The Balaban J connectivity index is 1.80. The van der Waals surface area contributed by atoms with Crippen molar-refractivity contribution in [3.8, 4) is 17.1 Å². The second-order valence-corrected chi connectivity index (χ2v) is 8.71. The van der Waals surface area contributed by atoms with Crippen LogP contribution >= 0.6 is 15.9 Å². The fourth-order valence-corrected chi connectivity index (χ4v) is 5.22. The lowest BCUT2D eigenvalue weighted by Gasteiger charge is -2.35. The van der Waals surface area contributed by atoms with E-state index in [1.807, 2.05) is 0 Å². The van der Waals surface area contributed by atoms with Crippen molar-refractivity contribution in [2.24, 2.45) is 0 Å². The standard InChI is InChI=1S/C23H18BrFN2O6/c1-4-23(33-10(2)28)14-6-17-20-12(8-27(17)21(29)13(14)9-32-22(23)30)19(24)11-5-18(31-3)15(25)7-16(11)26-20/h5-7H,4,8-9H2,1-3H3/t23-/m0/s1. The van der Waals surface area contributed by atoms with Gasteiger partial charge >= 0.3 is 11.9 Å². The molecular weight excluding hydrogens is 499 g/mol. The molecule has 0 amide bonds. The van der Waals surface area contributed by atoms with Gasteiger partial charge in [-0.25, -0.2) is 14.2 Å². The molecule has 0 radical (unpaired) electrons. The van der Waals surface area contributed by atoms with Crippen LogP contribution in [0.25, 0.3) is 22.3 Å². The molecule has 1 aromatic carbocycles. The first-order valence-electron chi connectivity index (χ1n) is 10.2. The van der Waals surface area contributed by atoms with Gasteiger partial charge in [0.15, 0.2) is 11.6 Å². The summed E-state index contributed by atoms with van der Waals surface area (Å²) in [5, 5.41) is 0.638. The molecule has 3 aromatic rings. The van der Waals surface area contributed by atoms with Gasteiger partial charge in [-0.3, -0.25) is 9.59 Å². The zero-order valence-electron chi connectivity index (χ0n) is 18.0. The van der Waals surface area contributed by atoms with Crippen molar-refractivity contribution in [3.63, 3.8) is 0 Å². The van der Waals surface area contributed by atoms with Gasteiger partial charge in [-0.1, -0.05) is 6.92 Å². The number of carbonyl (C=O) groups is 2. The van der Waals surface area contributed by atoms with Gasteiger partial charge in [-0.05, 0) is 34.5 Å². The van der Waals surface area contributed by atoms with Crippen LogP contribution in [-0.2, 0) is 37.8 Å². The fourth-order valence-electron chi connectivity index (χ4n) is 4.59. The van der Waals surface area contributed by atoms with Gasteiger partial charge in [0.2, 0.25) is 5.60 Å². The Morgan fingerprint density at radius 3 is 2.73 bits per heavy atom. The van der Waals surface area contributed by atoms with Crippen LogP contribution in [0.4, 0.5) is 4.39 Å². The lowest BCUT2D eigenvalue weighted by Crippen LogP contribution is -2.47. The van der Waals surface area contributed by atoms with Crippen LogP contribution in [0.1, 0.15) is 37.0 Å². The number of carbonyl (C=O) groups excluding carboxylic acids is 2. The molecule has 0 bridgehead atoms. The number of esters is 2. The Morgan fingerprint density at radius 1 is 1.30 bits per heavy atom. The maximum Gasteiger partial charge on any atom is 0.355 e. The van der Waals surface area contributed by atoms with Crippen molar-refractivity contribution in [2.45, 2.75) is 39.0 Å². The van der Waals surface area contributed by atoms with E-state index in [0.29, 0.717) is 32.3 Å². The zero-order chi connectivity index (χ0) is 23.7. The molecule has 0 N–H and O–H groups in total. The number of methoxy groups -OCH3 is 1. The van der Waals surface area contributed by atoms with E-state index in [1.54, 1.807) is 19.1 Å². The van der Waals surface area contributed by atoms with E-state index in [4.69, 9.17) is 14.2 Å². The minimum atomic E-state index is -1.72. The summed E-state index contributed by atoms with van der Waals surface area (Å²) in [5.74, 6) is -1.87. The number of halogens is 2. The van der Waals surface area contributed by atoms with Gasteiger partial charge in [0.05, 0.1) is 36.1 Å². The largest absolute Gasteiger partial charge is 0.494 e. The van der Waals surface area contributed by atoms with Gasteiger partial charge < -0.3 is 18.8 Å². The number of hydrogen-bond donors (Lipinski definition) is 0. The molecule has 0 fully saturated rings. The predicted octanol–water partition coefficient (Wildman–Crippen LogP) is 3.56. The summed E-state index contributed by atoms with van der Waals surface area (Å²) in [6, 6.07) is 4.47. The minimum Gasteiger partial charge on any atom is -0.494 e. The third kappa shape index (κ3) is 2.93. The van der Waals surface area contributed by atoms with Gasteiger partial charge in [0, 0.05) is 34.0 Å². The average molecular weight is 517 g/mol. The van der Waals surface area contributed by atoms with Gasteiger partial charge in [0.25, 0.3) is 5.56 Å². The summed E-state index contributed by atoms with van der Waals surface area (Å²) in [5.41, 5.74) is 0.499. The maximum atomic E-state index is 14.4. The number of fused-ring (bicyclic) bond motifs is 5. The highest BCUT2D eigenvalue weighted by atomic mass is 79.9. The fraction of sp³-hybridized carbons (Fsp3) is 0.304. The Kier molecular flexibility index (Phi) is 4.82. The van der Waals surface area contributed by atoms with Crippen LogP contribution < -0.4 is 10.3 Å². The maximum absolute atomic E-state index is 14.4. The number of benzene rings is 1. The Hall–Kier alpha value is -3.27. The lowest BCUT2D eigenvalue weighted by molar-refractivity contribution is -0.188. The molecule has 0 spiro atoms. The topological polar surface area (TPSA) is 96.7 Å². The Bertz CT molecular complexity index is 1450. The van der Waals surface area contributed by atoms with E-state index in [2.05, 4.69) is 20.9 Å². The first-order valence-corrected chi connectivity index (χ1v) is 11.0. The summed E-state index contributed by atoms with van der Waals surface area (Å²) < 4.78 is 32.3. The molecule has 2 aliphatic heterocycles. The predicted molar refractivity (Wildman–Crippen MR) is 118 cm³/mol.